The lowest BCUT2D eigenvalue weighted by molar-refractivity contribution is -0.153. The van der Waals surface area contributed by atoms with Crippen molar-refractivity contribution in [3.05, 3.63) is 65.7 Å². The second-order valence-electron chi connectivity index (χ2n) is 5.56. The number of carbonyl (C=O) groups is 1. The first kappa shape index (κ1) is 21.8. The minimum atomic E-state index is -4.37. The summed E-state index contributed by atoms with van der Waals surface area (Å²) in [6.45, 7) is -1.10. The fourth-order valence-electron chi connectivity index (χ4n) is 2.15. The first-order chi connectivity index (χ1) is 11.8. The number of hydrogen-bond acceptors (Lipinski definition) is 3. The smallest absolute Gasteiger partial charge is 0.422 e. The molecule has 2 aromatic carbocycles. The van der Waals surface area contributed by atoms with Gasteiger partial charge in [0.1, 0.15) is 5.75 Å². The van der Waals surface area contributed by atoms with Crippen LogP contribution in [0.3, 0.4) is 0 Å². The van der Waals surface area contributed by atoms with Gasteiger partial charge in [-0.2, -0.15) is 13.2 Å². The van der Waals surface area contributed by atoms with Crippen LogP contribution in [0.2, 0.25) is 0 Å². The lowest BCUT2D eigenvalue weighted by Gasteiger charge is -2.13. The van der Waals surface area contributed by atoms with Gasteiger partial charge in [0.2, 0.25) is 5.91 Å². The molecule has 0 bridgehead atoms. The van der Waals surface area contributed by atoms with Crippen molar-refractivity contribution in [3.8, 4) is 5.75 Å². The molecule has 0 radical (unpaired) electrons. The summed E-state index contributed by atoms with van der Waals surface area (Å²) >= 11 is 0. The van der Waals surface area contributed by atoms with Crippen molar-refractivity contribution >= 4 is 18.3 Å². The van der Waals surface area contributed by atoms with Crippen molar-refractivity contribution < 1.29 is 22.7 Å². The highest BCUT2D eigenvalue weighted by molar-refractivity contribution is 5.85. The van der Waals surface area contributed by atoms with Crippen LogP contribution >= 0.6 is 12.4 Å². The van der Waals surface area contributed by atoms with Crippen molar-refractivity contribution in [2.24, 2.45) is 5.73 Å². The maximum Gasteiger partial charge on any atom is 0.422 e. The summed E-state index contributed by atoms with van der Waals surface area (Å²) in [4.78, 5) is 12.0. The number of benzene rings is 2. The van der Waals surface area contributed by atoms with Gasteiger partial charge in [0.05, 0.1) is 6.04 Å². The molecular formula is C18H20ClF3N2O2. The predicted molar refractivity (Wildman–Crippen MR) is 95.2 cm³/mol. The van der Waals surface area contributed by atoms with Gasteiger partial charge in [-0.1, -0.05) is 42.5 Å². The Hall–Kier alpha value is -2.25. The molecule has 142 valence electrons. The minimum Gasteiger partial charge on any atom is -0.484 e. The average Bonchev–Trinajstić information content (AvgIpc) is 2.59. The second kappa shape index (κ2) is 10.0. The van der Waals surface area contributed by atoms with Crippen molar-refractivity contribution in [3.63, 3.8) is 0 Å². The van der Waals surface area contributed by atoms with Gasteiger partial charge >= 0.3 is 6.18 Å². The Morgan fingerprint density at radius 1 is 1.04 bits per heavy atom. The molecule has 3 N–H and O–H groups in total. The number of nitrogens with one attached hydrogen (secondary N) is 1. The largest absolute Gasteiger partial charge is 0.484 e. The van der Waals surface area contributed by atoms with Crippen LogP contribution in [0.25, 0.3) is 0 Å². The standard InChI is InChI=1S/C18H19F3N2O2.ClH/c19-18(20,21)12-25-15-8-6-14(7-9-15)11-23-17(24)16(22)10-13-4-2-1-3-5-13;/h1-9,16H,10-12,22H2,(H,23,24);1H/t16-;/m0./s1. The summed E-state index contributed by atoms with van der Waals surface area (Å²) in [6, 6.07) is 14.8. The number of alkyl halides is 3. The van der Waals surface area contributed by atoms with Crippen LogP contribution in [0, 0.1) is 0 Å². The Morgan fingerprint density at radius 3 is 2.23 bits per heavy atom. The molecule has 4 nitrogen and oxygen atoms in total. The number of halogens is 4. The summed E-state index contributed by atoms with van der Waals surface area (Å²) in [5.41, 5.74) is 7.58. The van der Waals surface area contributed by atoms with E-state index in [0.29, 0.717) is 6.42 Å². The van der Waals surface area contributed by atoms with Crippen LogP contribution < -0.4 is 15.8 Å². The lowest BCUT2D eigenvalue weighted by Crippen LogP contribution is -2.41. The fourth-order valence-corrected chi connectivity index (χ4v) is 2.15. The molecule has 0 aliphatic heterocycles. The molecule has 8 heteroatoms. The average molecular weight is 389 g/mol. The van der Waals surface area contributed by atoms with Gasteiger partial charge in [-0.3, -0.25) is 4.79 Å². The molecule has 0 aliphatic rings. The summed E-state index contributed by atoms with van der Waals surface area (Å²) in [6.07, 6.45) is -3.95. The predicted octanol–water partition coefficient (Wildman–Crippen LogP) is 3.24. The van der Waals surface area contributed by atoms with E-state index in [0.717, 1.165) is 11.1 Å². The molecule has 0 spiro atoms. The molecule has 2 aromatic rings. The normalized spacial score (nSPS) is 12.0. The van der Waals surface area contributed by atoms with E-state index in [1.165, 1.54) is 12.1 Å². The van der Waals surface area contributed by atoms with E-state index in [1.54, 1.807) is 12.1 Å². The molecule has 1 amide bonds. The number of hydrogen-bond donors (Lipinski definition) is 2. The van der Waals surface area contributed by atoms with Crippen molar-refractivity contribution in [2.45, 2.75) is 25.2 Å². The van der Waals surface area contributed by atoms with Gasteiger partial charge in [-0.05, 0) is 29.7 Å². The van der Waals surface area contributed by atoms with Crippen LogP contribution in [0.5, 0.6) is 5.75 Å². The molecule has 0 saturated carbocycles. The Kier molecular flexibility index (Phi) is 8.41. The van der Waals surface area contributed by atoms with E-state index < -0.39 is 18.8 Å². The second-order valence-corrected chi connectivity index (χ2v) is 5.56. The number of nitrogens with two attached hydrogens (primary N) is 1. The van der Waals surface area contributed by atoms with E-state index >= 15 is 0 Å². The maximum absolute atomic E-state index is 12.1. The number of ether oxygens (including phenoxy) is 1. The maximum atomic E-state index is 12.1. The van der Waals surface area contributed by atoms with E-state index in [1.807, 2.05) is 30.3 Å². The van der Waals surface area contributed by atoms with Crippen LogP contribution in [0.15, 0.2) is 54.6 Å². The number of rotatable bonds is 7. The highest BCUT2D eigenvalue weighted by atomic mass is 35.5. The fraction of sp³-hybridized carbons (Fsp3) is 0.278. The Labute approximate surface area is 155 Å². The van der Waals surface area contributed by atoms with Gasteiger partial charge in [0.15, 0.2) is 6.61 Å². The topological polar surface area (TPSA) is 64.4 Å². The molecule has 0 aromatic heterocycles. The summed E-state index contributed by atoms with van der Waals surface area (Å²) in [5.74, 6) is -0.172. The number of carbonyl (C=O) groups excluding carboxylic acids is 1. The Morgan fingerprint density at radius 2 is 1.65 bits per heavy atom. The highest BCUT2D eigenvalue weighted by Gasteiger charge is 2.28. The van der Waals surface area contributed by atoms with E-state index in [9.17, 15) is 18.0 Å². The van der Waals surface area contributed by atoms with Gasteiger partial charge in [0.25, 0.3) is 0 Å². The molecule has 2 rings (SSSR count). The molecule has 0 heterocycles. The zero-order valence-electron chi connectivity index (χ0n) is 13.8. The molecule has 26 heavy (non-hydrogen) atoms. The van der Waals surface area contributed by atoms with Crippen molar-refractivity contribution in [1.82, 2.24) is 5.32 Å². The third-order valence-corrected chi connectivity index (χ3v) is 3.43. The highest BCUT2D eigenvalue weighted by Crippen LogP contribution is 2.18. The lowest BCUT2D eigenvalue weighted by atomic mass is 10.1. The Balaban J connectivity index is 0.00000338. The van der Waals surface area contributed by atoms with E-state index in [2.05, 4.69) is 10.1 Å². The van der Waals surface area contributed by atoms with Crippen LogP contribution in [0.4, 0.5) is 13.2 Å². The van der Waals surface area contributed by atoms with Gasteiger partial charge in [-0.25, -0.2) is 0 Å². The third kappa shape index (κ3) is 7.76. The van der Waals surface area contributed by atoms with E-state index in [4.69, 9.17) is 5.73 Å². The monoisotopic (exact) mass is 388 g/mol. The number of amides is 1. The molecule has 0 unspecified atom stereocenters. The molecule has 0 saturated heterocycles. The SMILES string of the molecule is Cl.N[C@@H](Cc1ccccc1)C(=O)NCc1ccc(OCC(F)(F)F)cc1. The van der Waals surface area contributed by atoms with Gasteiger partial charge in [0, 0.05) is 6.54 Å². The third-order valence-electron chi connectivity index (χ3n) is 3.43. The zero-order chi connectivity index (χ0) is 18.3. The minimum absolute atomic E-state index is 0. The molecular weight excluding hydrogens is 369 g/mol. The quantitative estimate of drug-likeness (QED) is 0.765. The van der Waals surface area contributed by atoms with Gasteiger partial charge < -0.3 is 15.8 Å². The molecule has 0 fully saturated rings. The van der Waals surface area contributed by atoms with Crippen molar-refractivity contribution in [2.75, 3.05) is 6.61 Å². The van der Waals surface area contributed by atoms with Crippen LogP contribution in [-0.4, -0.2) is 24.7 Å². The molecule has 1 atom stereocenters. The summed E-state index contributed by atoms with van der Waals surface area (Å²) in [5, 5.41) is 2.71. The first-order valence-electron chi connectivity index (χ1n) is 7.69. The Bertz CT molecular complexity index is 679. The first-order valence-corrected chi connectivity index (χ1v) is 7.69. The summed E-state index contributed by atoms with van der Waals surface area (Å²) in [7, 11) is 0. The summed E-state index contributed by atoms with van der Waals surface area (Å²) < 4.78 is 40.9. The van der Waals surface area contributed by atoms with Gasteiger partial charge in [-0.15, -0.1) is 12.4 Å². The van der Waals surface area contributed by atoms with Crippen molar-refractivity contribution in [1.29, 1.82) is 0 Å². The van der Waals surface area contributed by atoms with E-state index in [-0.39, 0.29) is 30.6 Å². The van der Waals surface area contributed by atoms with Crippen LogP contribution in [-0.2, 0) is 17.8 Å². The van der Waals surface area contributed by atoms with Crippen LogP contribution in [0.1, 0.15) is 11.1 Å². The zero-order valence-corrected chi connectivity index (χ0v) is 14.6. The molecule has 0 aliphatic carbocycles.